The Bertz CT molecular complexity index is 72.0. The Balaban J connectivity index is 2.31. The van der Waals surface area contributed by atoms with Crippen molar-refractivity contribution in [3.05, 3.63) is 10.2 Å². The number of hydrogen-bond acceptors (Lipinski definition) is 0. The fraction of sp³-hybridized carbons (Fsp3) is 0.600. The maximum atomic E-state index is 3.80. The molecule has 0 radical (unpaired) electrons. The van der Waals surface area contributed by atoms with Crippen LogP contribution >= 0.6 is 22.6 Å². The van der Waals surface area contributed by atoms with Crippen molar-refractivity contribution in [2.24, 2.45) is 5.92 Å². The van der Waals surface area contributed by atoms with E-state index in [0.717, 1.165) is 5.92 Å². The molecule has 0 nitrogen and oxygen atoms in total. The van der Waals surface area contributed by atoms with Gasteiger partial charge in [-0.05, 0) is 44.9 Å². The molecule has 0 unspecified atom stereocenters. The third kappa shape index (κ3) is 0.965. The molecule has 0 atom stereocenters. The van der Waals surface area contributed by atoms with Gasteiger partial charge in [-0.2, -0.15) is 0 Å². The zero-order valence-electron chi connectivity index (χ0n) is 3.58. The first-order chi connectivity index (χ1) is 2.80. The highest BCUT2D eigenvalue weighted by Gasteiger charge is 2.22. The van der Waals surface area contributed by atoms with Crippen LogP contribution in [0.25, 0.3) is 0 Å². The van der Waals surface area contributed by atoms with Crippen molar-refractivity contribution in [2.45, 2.75) is 12.8 Å². The summed E-state index contributed by atoms with van der Waals surface area (Å²) < 4.78 is 1.34. The van der Waals surface area contributed by atoms with E-state index in [1.54, 1.807) is 0 Å². The van der Waals surface area contributed by atoms with Gasteiger partial charge < -0.3 is 0 Å². The van der Waals surface area contributed by atoms with Crippen LogP contribution in [0, 0.1) is 5.92 Å². The van der Waals surface area contributed by atoms with Crippen LogP contribution in [0.5, 0.6) is 0 Å². The van der Waals surface area contributed by atoms with Gasteiger partial charge in [-0.25, -0.2) is 0 Å². The molecule has 6 heavy (non-hydrogen) atoms. The van der Waals surface area contributed by atoms with E-state index in [2.05, 4.69) is 29.2 Å². The summed E-state index contributed by atoms with van der Waals surface area (Å²) in [6, 6.07) is 0. The van der Waals surface area contributed by atoms with Gasteiger partial charge in [0.25, 0.3) is 0 Å². The molecule has 0 aromatic carbocycles. The third-order valence-electron chi connectivity index (χ3n) is 1.02. The van der Waals surface area contributed by atoms with Crippen LogP contribution in [0.2, 0.25) is 0 Å². The lowest BCUT2D eigenvalue weighted by Gasteiger charge is -1.81. The van der Waals surface area contributed by atoms with Crippen molar-refractivity contribution in [2.75, 3.05) is 0 Å². The molecule has 0 bridgehead atoms. The molecule has 0 amide bonds. The number of halogens is 1. The maximum Gasteiger partial charge on any atom is -0.0109 e. The van der Waals surface area contributed by atoms with Gasteiger partial charge in [0.1, 0.15) is 0 Å². The van der Waals surface area contributed by atoms with Crippen LogP contribution in [-0.4, -0.2) is 0 Å². The molecular formula is C5H7I. The van der Waals surface area contributed by atoms with E-state index in [-0.39, 0.29) is 0 Å². The van der Waals surface area contributed by atoms with Gasteiger partial charge in [-0.15, -0.1) is 0 Å². The second-order valence-electron chi connectivity index (χ2n) is 1.72. The molecule has 0 aliphatic heterocycles. The highest BCUT2D eigenvalue weighted by molar-refractivity contribution is 14.1. The molecule has 34 valence electrons. The first-order valence-electron chi connectivity index (χ1n) is 2.15. The van der Waals surface area contributed by atoms with Crippen molar-refractivity contribution in [1.29, 1.82) is 0 Å². The Morgan fingerprint density at radius 1 is 1.67 bits per heavy atom. The quantitative estimate of drug-likeness (QED) is 0.562. The third-order valence-corrected chi connectivity index (χ3v) is 1.90. The summed E-state index contributed by atoms with van der Waals surface area (Å²) in [5, 5.41) is 0. The van der Waals surface area contributed by atoms with Gasteiger partial charge in [-0.3, -0.25) is 0 Å². The molecule has 1 saturated carbocycles. The van der Waals surface area contributed by atoms with Gasteiger partial charge in [0, 0.05) is 0 Å². The minimum Gasteiger partial charge on any atom is -0.0894 e. The van der Waals surface area contributed by atoms with Crippen LogP contribution in [-0.2, 0) is 0 Å². The van der Waals surface area contributed by atoms with Gasteiger partial charge >= 0.3 is 0 Å². The highest BCUT2D eigenvalue weighted by Crippen LogP contribution is 2.38. The predicted octanol–water partition coefficient (Wildman–Crippen LogP) is 2.35. The summed E-state index contributed by atoms with van der Waals surface area (Å²) >= 11 is 2.30. The van der Waals surface area contributed by atoms with Gasteiger partial charge in [0.2, 0.25) is 0 Å². The van der Waals surface area contributed by atoms with Crippen LogP contribution in [0.1, 0.15) is 12.8 Å². The topological polar surface area (TPSA) is 0 Å². The average molecular weight is 194 g/mol. The second kappa shape index (κ2) is 1.52. The molecule has 0 heterocycles. The molecule has 0 saturated heterocycles. The highest BCUT2D eigenvalue weighted by atomic mass is 127. The van der Waals surface area contributed by atoms with Crippen molar-refractivity contribution >= 4 is 22.6 Å². The summed E-state index contributed by atoms with van der Waals surface area (Å²) in [6.07, 6.45) is 2.78. The number of rotatable bonds is 1. The van der Waals surface area contributed by atoms with Gasteiger partial charge in [-0.1, -0.05) is 6.58 Å². The van der Waals surface area contributed by atoms with Crippen LogP contribution in [0.15, 0.2) is 10.2 Å². The SMILES string of the molecule is C=C(I)C1CC1. The Labute approximate surface area is 51.8 Å². The van der Waals surface area contributed by atoms with Crippen molar-refractivity contribution in [3.8, 4) is 0 Å². The maximum absolute atomic E-state index is 3.80. The first kappa shape index (κ1) is 4.62. The molecule has 1 aliphatic carbocycles. The zero-order valence-corrected chi connectivity index (χ0v) is 5.73. The van der Waals surface area contributed by atoms with Crippen LogP contribution in [0.4, 0.5) is 0 Å². The summed E-state index contributed by atoms with van der Waals surface area (Å²) in [6.45, 7) is 3.80. The van der Waals surface area contributed by atoms with E-state index in [9.17, 15) is 0 Å². The van der Waals surface area contributed by atoms with E-state index in [1.807, 2.05) is 0 Å². The lowest BCUT2D eigenvalue weighted by Crippen LogP contribution is -1.63. The summed E-state index contributed by atoms with van der Waals surface area (Å²) in [4.78, 5) is 0. The van der Waals surface area contributed by atoms with Gasteiger partial charge in [0.15, 0.2) is 0 Å². The molecule has 0 aromatic heterocycles. The van der Waals surface area contributed by atoms with Crippen molar-refractivity contribution < 1.29 is 0 Å². The normalized spacial score (nSPS) is 20.8. The second-order valence-corrected chi connectivity index (χ2v) is 3.11. The lowest BCUT2D eigenvalue weighted by molar-refractivity contribution is 1.12. The fourth-order valence-electron chi connectivity index (χ4n) is 0.397. The van der Waals surface area contributed by atoms with Crippen molar-refractivity contribution in [1.82, 2.24) is 0 Å². The smallest absolute Gasteiger partial charge is 0.0109 e. The minimum atomic E-state index is 0.894. The molecule has 1 aliphatic rings. The van der Waals surface area contributed by atoms with Gasteiger partial charge in [0.05, 0.1) is 0 Å². The Morgan fingerprint density at radius 3 is 2.17 bits per heavy atom. The molecule has 0 spiro atoms. The zero-order chi connectivity index (χ0) is 4.57. The standard InChI is InChI=1S/C5H7I/c1-4(6)5-2-3-5/h5H,1-3H2. The Hall–Kier alpha value is 0.470. The fourth-order valence-corrected chi connectivity index (χ4v) is 1.02. The largest absolute Gasteiger partial charge is 0.0894 e. The first-order valence-corrected chi connectivity index (χ1v) is 3.23. The summed E-state index contributed by atoms with van der Waals surface area (Å²) in [5.74, 6) is 0.894. The summed E-state index contributed by atoms with van der Waals surface area (Å²) in [5.41, 5.74) is 0. The van der Waals surface area contributed by atoms with E-state index >= 15 is 0 Å². The van der Waals surface area contributed by atoms with Crippen LogP contribution in [0.3, 0.4) is 0 Å². The molecule has 1 fully saturated rings. The molecule has 0 N–H and O–H groups in total. The average Bonchev–Trinajstić information content (AvgIpc) is 2.06. The lowest BCUT2D eigenvalue weighted by atomic mass is 10.4. The van der Waals surface area contributed by atoms with Crippen molar-refractivity contribution in [3.63, 3.8) is 0 Å². The van der Waals surface area contributed by atoms with E-state index < -0.39 is 0 Å². The molecular weight excluding hydrogens is 187 g/mol. The molecule has 1 rings (SSSR count). The number of allylic oxidation sites excluding steroid dienone is 1. The monoisotopic (exact) mass is 194 g/mol. The van der Waals surface area contributed by atoms with E-state index in [0.29, 0.717) is 0 Å². The Morgan fingerprint density at radius 2 is 2.17 bits per heavy atom. The number of hydrogen-bond donors (Lipinski definition) is 0. The van der Waals surface area contributed by atoms with E-state index in [1.165, 1.54) is 16.4 Å². The Kier molecular flexibility index (Phi) is 1.17. The molecule has 0 aromatic rings. The minimum absolute atomic E-state index is 0.894. The predicted molar refractivity (Wildman–Crippen MR) is 35.9 cm³/mol. The van der Waals surface area contributed by atoms with Crippen LogP contribution < -0.4 is 0 Å². The summed E-state index contributed by atoms with van der Waals surface area (Å²) in [7, 11) is 0. The molecule has 1 heteroatoms. The van der Waals surface area contributed by atoms with E-state index in [4.69, 9.17) is 0 Å².